The Hall–Kier alpha value is -2.06. The van der Waals surface area contributed by atoms with E-state index >= 15 is 0 Å². The quantitative estimate of drug-likeness (QED) is 0.624. The molecule has 0 amide bonds. The molecule has 2 aromatic carbocycles. The van der Waals surface area contributed by atoms with E-state index in [4.69, 9.17) is 16.3 Å². The Balaban J connectivity index is 2.26. The molecule has 0 aliphatic heterocycles. The van der Waals surface area contributed by atoms with E-state index in [9.17, 15) is 4.79 Å². The van der Waals surface area contributed by atoms with E-state index in [0.717, 1.165) is 11.1 Å². The van der Waals surface area contributed by atoms with Crippen molar-refractivity contribution in [2.45, 2.75) is 6.42 Å². The molecule has 0 heterocycles. The fourth-order valence-corrected chi connectivity index (χ4v) is 2.01. The molecule has 2 aromatic rings. The van der Waals surface area contributed by atoms with Crippen LogP contribution in [0.1, 0.15) is 11.1 Å². The van der Waals surface area contributed by atoms with Crippen molar-refractivity contribution < 1.29 is 9.53 Å². The Morgan fingerprint density at radius 2 is 1.75 bits per heavy atom. The van der Waals surface area contributed by atoms with Gasteiger partial charge in [0.15, 0.2) is 0 Å². The third-order valence-corrected chi connectivity index (χ3v) is 3.15. The fraction of sp³-hybridized carbons (Fsp3) is 0.118. The first-order valence-electron chi connectivity index (χ1n) is 6.27. The van der Waals surface area contributed by atoms with Gasteiger partial charge in [-0.25, -0.2) is 4.79 Å². The van der Waals surface area contributed by atoms with Crippen molar-refractivity contribution in [1.82, 2.24) is 0 Å². The highest BCUT2D eigenvalue weighted by Crippen LogP contribution is 2.16. The van der Waals surface area contributed by atoms with Gasteiger partial charge < -0.3 is 4.74 Å². The molecule has 2 nitrogen and oxygen atoms in total. The van der Waals surface area contributed by atoms with Crippen LogP contribution in [0.25, 0.3) is 6.08 Å². The van der Waals surface area contributed by atoms with Gasteiger partial charge in [-0.1, -0.05) is 54.1 Å². The van der Waals surface area contributed by atoms with Crippen LogP contribution < -0.4 is 0 Å². The molecule has 0 bridgehead atoms. The highest BCUT2D eigenvalue weighted by molar-refractivity contribution is 6.30. The Kier molecular flexibility index (Phi) is 4.97. The first-order valence-corrected chi connectivity index (χ1v) is 6.65. The Morgan fingerprint density at radius 1 is 1.10 bits per heavy atom. The van der Waals surface area contributed by atoms with Crippen molar-refractivity contribution >= 4 is 23.6 Å². The van der Waals surface area contributed by atoms with Gasteiger partial charge >= 0.3 is 5.97 Å². The predicted molar refractivity (Wildman–Crippen MR) is 81.6 cm³/mol. The van der Waals surface area contributed by atoms with Crippen LogP contribution in [0.5, 0.6) is 0 Å². The summed E-state index contributed by atoms with van der Waals surface area (Å²) in [4.78, 5) is 11.9. The van der Waals surface area contributed by atoms with Gasteiger partial charge in [0, 0.05) is 17.0 Å². The van der Waals surface area contributed by atoms with E-state index in [-0.39, 0.29) is 5.97 Å². The summed E-state index contributed by atoms with van der Waals surface area (Å²) >= 11 is 5.86. The van der Waals surface area contributed by atoms with Crippen molar-refractivity contribution in [3.63, 3.8) is 0 Å². The number of rotatable bonds is 4. The second-order valence-electron chi connectivity index (χ2n) is 4.38. The molecular weight excluding hydrogens is 272 g/mol. The van der Waals surface area contributed by atoms with Crippen LogP contribution in [0.2, 0.25) is 5.02 Å². The summed E-state index contributed by atoms with van der Waals surface area (Å²) in [6, 6.07) is 17.1. The normalized spacial score (nSPS) is 11.2. The monoisotopic (exact) mass is 286 g/mol. The molecule has 0 radical (unpaired) electrons. The van der Waals surface area contributed by atoms with Crippen LogP contribution in [0.15, 0.2) is 60.2 Å². The third-order valence-electron chi connectivity index (χ3n) is 2.90. The molecule has 0 saturated heterocycles. The first kappa shape index (κ1) is 14.4. The lowest BCUT2D eigenvalue weighted by Gasteiger charge is -2.06. The zero-order valence-corrected chi connectivity index (χ0v) is 11.9. The number of ether oxygens (including phenoxy) is 1. The summed E-state index contributed by atoms with van der Waals surface area (Å²) in [6.45, 7) is 0. The molecule has 0 spiro atoms. The lowest BCUT2D eigenvalue weighted by molar-refractivity contribution is -0.136. The Labute approximate surface area is 123 Å². The van der Waals surface area contributed by atoms with E-state index in [0.29, 0.717) is 17.0 Å². The van der Waals surface area contributed by atoms with Crippen molar-refractivity contribution in [3.8, 4) is 0 Å². The van der Waals surface area contributed by atoms with E-state index in [1.54, 1.807) is 0 Å². The van der Waals surface area contributed by atoms with E-state index < -0.39 is 0 Å². The van der Waals surface area contributed by atoms with Gasteiger partial charge in [0.2, 0.25) is 0 Å². The summed E-state index contributed by atoms with van der Waals surface area (Å²) in [5, 5.41) is 0.681. The number of methoxy groups -OCH3 is 1. The van der Waals surface area contributed by atoms with Crippen molar-refractivity contribution in [2.75, 3.05) is 7.11 Å². The highest BCUT2D eigenvalue weighted by atomic mass is 35.5. The van der Waals surface area contributed by atoms with Gasteiger partial charge in [-0.3, -0.25) is 0 Å². The lowest BCUT2D eigenvalue weighted by Crippen LogP contribution is -2.07. The van der Waals surface area contributed by atoms with Crippen LogP contribution in [0.4, 0.5) is 0 Å². The molecule has 0 unspecified atom stereocenters. The zero-order valence-electron chi connectivity index (χ0n) is 11.2. The molecule has 2 rings (SSSR count). The summed E-state index contributed by atoms with van der Waals surface area (Å²) in [7, 11) is 1.39. The van der Waals surface area contributed by atoms with Crippen LogP contribution in [0, 0.1) is 0 Å². The molecule has 0 atom stereocenters. The summed E-state index contributed by atoms with van der Waals surface area (Å²) in [6.07, 6.45) is 2.36. The van der Waals surface area contributed by atoms with Crippen LogP contribution in [-0.4, -0.2) is 13.1 Å². The fourth-order valence-electron chi connectivity index (χ4n) is 1.89. The largest absolute Gasteiger partial charge is 0.466 e. The molecule has 0 aliphatic carbocycles. The number of carbonyl (C=O) groups is 1. The second kappa shape index (κ2) is 6.92. The summed E-state index contributed by atoms with van der Waals surface area (Å²) in [5.41, 5.74) is 2.60. The first-order chi connectivity index (χ1) is 9.69. The average Bonchev–Trinajstić information content (AvgIpc) is 2.49. The molecule has 0 N–H and O–H groups in total. The number of halogens is 1. The molecule has 102 valence electrons. The molecule has 0 aromatic heterocycles. The molecular formula is C17H15ClO2. The van der Waals surface area contributed by atoms with E-state index in [1.165, 1.54) is 7.11 Å². The summed E-state index contributed by atoms with van der Waals surface area (Å²) in [5.74, 6) is -0.316. The van der Waals surface area contributed by atoms with Crippen molar-refractivity contribution in [3.05, 3.63) is 76.3 Å². The SMILES string of the molecule is COC(=O)/C(=C/c1ccccc1)Cc1ccc(Cl)cc1. The number of hydrogen-bond acceptors (Lipinski definition) is 2. The molecule has 20 heavy (non-hydrogen) atoms. The average molecular weight is 287 g/mol. The maximum absolute atomic E-state index is 11.9. The smallest absolute Gasteiger partial charge is 0.334 e. The number of esters is 1. The predicted octanol–water partition coefficient (Wildman–Crippen LogP) is 4.14. The minimum Gasteiger partial charge on any atom is -0.466 e. The van der Waals surface area contributed by atoms with Crippen LogP contribution in [0.3, 0.4) is 0 Å². The van der Waals surface area contributed by atoms with Gasteiger partial charge in [-0.2, -0.15) is 0 Å². The van der Waals surface area contributed by atoms with Crippen LogP contribution >= 0.6 is 11.6 Å². The van der Waals surface area contributed by atoms with Gasteiger partial charge in [0.1, 0.15) is 0 Å². The molecule has 0 fully saturated rings. The van der Waals surface area contributed by atoms with Crippen molar-refractivity contribution in [1.29, 1.82) is 0 Å². The third kappa shape index (κ3) is 3.97. The molecule has 0 saturated carbocycles. The Bertz CT molecular complexity index is 601. The van der Waals surface area contributed by atoms with Gasteiger partial charge in [0.25, 0.3) is 0 Å². The summed E-state index contributed by atoms with van der Waals surface area (Å²) < 4.78 is 4.85. The maximum Gasteiger partial charge on any atom is 0.334 e. The van der Waals surface area contributed by atoms with Gasteiger partial charge in [-0.05, 0) is 29.3 Å². The second-order valence-corrected chi connectivity index (χ2v) is 4.81. The van der Waals surface area contributed by atoms with E-state index in [2.05, 4.69) is 0 Å². The number of hydrogen-bond donors (Lipinski definition) is 0. The van der Waals surface area contributed by atoms with Gasteiger partial charge in [-0.15, -0.1) is 0 Å². The molecule has 0 aliphatic rings. The van der Waals surface area contributed by atoms with Crippen LogP contribution in [-0.2, 0) is 16.0 Å². The maximum atomic E-state index is 11.9. The zero-order chi connectivity index (χ0) is 14.4. The van der Waals surface area contributed by atoms with Crippen molar-refractivity contribution in [2.24, 2.45) is 0 Å². The number of carbonyl (C=O) groups excluding carboxylic acids is 1. The lowest BCUT2D eigenvalue weighted by atomic mass is 10.0. The van der Waals surface area contributed by atoms with E-state index in [1.807, 2.05) is 60.7 Å². The number of benzene rings is 2. The minimum absolute atomic E-state index is 0.316. The minimum atomic E-state index is -0.316. The Morgan fingerprint density at radius 3 is 2.35 bits per heavy atom. The van der Waals surface area contributed by atoms with Gasteiger partial charge in [0.05, 0.1) is 7.11 Å². The topological polar surface area (TPSA) is 26.3 Å². The molecule has 3 heteroatoms. The highest BCUT2D eigenvalue weighted by Gasteiger charge is 2.10. The standard InChI is InChI=1S/C17H15ClO2/c1-20-17(19)15(11-13-5-3-2-4-6-13)12-14-7-9-16(18)10-8-14/h2-11H,12H2,1H3/b15-11+.